The summed E-state index contributed by atoms with van der Waals surface area (Å²) >= 11 is 0. The molecule has 0 radical (unpaired) electrons. The lowest BCUT2D eigenvalue weighted by Gasteiger charge is -2.38. The van der Waals surface area contributed by atoms with E-state index in [9.17, 15) is 23.8 Å². The highest BCUT2D eigenvalue weighted by atomic mass is 19.3. The Labute approximate surface area is 105 Å². The number of aliphatic hydroxyl groups excluding tert-OH is 2. The minimum Gasteiger partial charge on any atom is -0.390 e. The number of amides is 2. The molecule has 7 heteroatoms. The Hall–Kier alpha value is -0.950. The fourth-order valence-electron chi connectivity index (χ4n) is 1.93. The Kier molecular flexibility index (Phi) is 5.74. The highest BCUT2D eigenvalue weighted by Crippen LogP contribution is 2.23. The Bertz CT molecular complexity index is 279. The molecule has 0 saturated carbocycles. The molecule has 1 aliphatic heterocycles. The number of nitrogens with zero attached hydrogens (tertiary/aromatic N) is 1. The lowest BCUT2D eigenvalue weighted by atomic mass is 9.93. The van der Waals surface area contributed by atoms with Crippen molar-refractivity contribution >= 4 is 6.03 Å². The number of carbonyl (C=O) groups is 1. The SMILES string of the molecule is CCCCNC(=O)N1CC(O)[C@H](O)C(C(F)F)C1. The number of rotatable bonds is 4. The van der Waals surface area contributed by atoms with Crippen molar-refractivity contribution in [2.24, 2.45) is 5.92 Å². The van der Waals surface area contributed by atoms with Gasteiger partial charge in [-0.3, -0.25) is 0 Å². The van der Waals surface area contributed by atoms with Gasteiger partial charge in [0.1, 0.15) is 0 Å². The summed E-state index contributed by atoms with van der Waals surface area (Å²) in [6, 6.07) is -0.472. The second kappa shape index (κ2) is 6.84. The number of hydrogen-bond acceptors (Lipinski definition) is 3. The van der Waals surface area contributed by atoms with Crippen LogP contribution in [0.1, 0.15) is 19.8 Å². The molecule has 1 heterocycles. The van der Waals surface area contributed by atoms with Crippen molar-refractivity contribution in [3.05, 3.63) is 0 Å². The van der Waals surface area contributed by atoms with E-state index in [1.807, 2.05) is 6.92 Å². The predicted molar refractivity (Wildman–Crippen MR) is 61.4 cm³/mol. The fourth-order valence-corrected chi connectivity index (χ4v) is 1.93. The third-order valence-corrected chi connectivity index (χ3v) is 3.09. The van der Waals surface area contributed by atoms with E-state index in [2.05, 4.69) is 5.32 Å². The summed E-state index contributed by atoms with van der Waals surface area (Å²) in [4.78, 5) is 12.8. The number of likely N-dealkylation sites (tertiary alicyclic amines) is 1. The molecule has 3 atom stereocenters. The number of hydrogen-bond donors (Lipinski definition) is 3. The van der Waals surface area contributed by atoms with Crippen molar-refractivity contribution in [1.29, 1.82) is 0 Å². The number of alkyl halides is 2. The smallest absolute Gasteiger partial charge is 0.317 e. The van der Waals surface area contributed by atoms with Crippen LogP contribution < -0.4 is 5.32 Å². The van der Waals surface area contributed by atoms with Crippen LogP contribution in [0.2, 0.25) is 0 Å². The average molecular weight is 266 g/mol. The third-order valence-electron chi connectivity index (χ3n) is 3.09. The Morgan fingerprint density at radius 3 is 2.67 bits per heavy atom. The van der Waals surface area contributed by atoms with Crippen LogP contribution >= 0.6 is 0 Å². The van der Waals surface area contributed by atoms with Gasteiger partial charge in [0.15, 0.2) is 0 Å². The quantitative estimate of drug-likeness (QED) is 0.645. The van der Waals surface area contributed by atoms with E-state index >= 15 is 0 Å². The molecule has 0 spiro atoms. The number of nitrogens with one attached hydrogen (secondary N) is 1. The monoisotopic (exact) mass is 266 g/mol. The van der Waals surface area contributed by atoms with Gasteiger partial charge >= 0.3 is 6.03 Å². The van der Waals surface area contributed by atoms with E-state index in [0.717, 1.165) is 17.7 Å². The van der Waals surface area contributed by atoms with Crippen molar-refractivity contribution in [3.63, 3.8) is 0 Å². The van der Waals surface area contributed by atoms with Gasteiger partial charge in [-0.2, -0.15) is 0 Å². The van der Waals surface area contributed by atoms with Gasteiger partial charge in [-0.05, 0) is 6.42 Å². The summed E-state index contributed by atoms with van der Waals surface area (Å²) in [6.45, 7) is 2.08. The van der Waals surface area contributed by atoms with E-state index in [1.165, 1.54) is 0 Å². The summed E-state index contributed by atoms with van der Waals surface area (Å²) in [5.74, 6) is -1.40. The van der Waals surface area contributed by atoms with Gasteiger partial charge in [0.05, 0.1) is 24.7 Å². The highest BCUT2D eigenvalue weighted by molar-refractivity contribution is 5.74. The molecule has 0 bridgehead atoms. The van der Waals surface area contributed by atoms with Gasteiger partial charge in [0.25, 0.3) is 0 Å². The van der Waals surface area contributed by atoms with E-state index in [1.54, 1.807) is 0 Å². The van der Waals surface area contributed by atoms with Crippen LogP contribution in [0.25, 0.3) is 0 Å². The number of aliphatic hydroxyl groups is 2. The maximum atomic E-state index is 12.7. The van der Waals surface area contributed by atoms with Crippen molar-refractivity contribution in [1.82, 2.24) is 10.2 Å². The van der Waals surface area contributed by atoms with Crippen molar-refractivity contribution in [3.8, 4) is 0 Å². The van der Waals surface area contributed by atoms with Gasteiger partial charge in [-0.25, -0.2) is 13.6 Å². The lowest BCUT2D eigenvalue weighted by molar-refractivity contribution is -0.107. The summed E-state index contributed by atoms with van der Waals surface area (Å²) in [6.07, 6.45) is -3.84. The summed E-state index contributed by atoms with van der Waals surface area (Å²) in [7, 11) is 0. The number of piperidine rings is 1. The zero-order valence-electron chi connectivity index (χ0n) is 10.4. The molecule has 1 fully saturated rings. The number of β-amino-alcohol motifs (C(OH)–C–C–N with tert-alkyl or cyclic N) is 1. The van der Waals surface area contributed by atoms with E-state index in [4.69, 9.17) is 0 Å². The highest BCUT2D eigenvalue weighted by Gasteiger charge is 2.41. The molecule has 18 heavy (non-hydrogen) atoms. The topological polar surface area (TPSA) is 72.8 Å². The molecule has 0 aromatic carbocycles. The van der Waals surface area contributed by atoms with Crippen molar-refractivity contribution in [2.45, 2.75) is 38.4 Å². The minimum atomic E-state index is -2.76. The Balaban J connectivity index is 2.53. The average Bonchev–Trinajstić information content (AvgIpc) is 2.32. The van der Waals surface area contributed by atoms with Gasteiger partial charge in [-0.1, -0.05) is 13.3 Å². The summed E-state index contributed by atoms with van der Waals surface area (Å²) in [5, 5.41) is 21.5. The first-order valence-corrected chi connectivity index (χ1v) is 6.14. The largest absolute Gasteiger partial charge is 0.390 e. The minimum absolute atomic E-state index is 0.123. The first-order valence-electron chi connectivity index (χ1n) is 6.14. The van der Waals surface area contributed by atoms with Crippen LogP contribution in [0.4, 0.5) is 13.6 Å². The maximum Gasteiger partial charge on any atom is 0.317 e. The Morgan fingerprint density at radius 2 is 2.11 bits per heavy atom. The lowest BCUT2D eigenvalue weighted by Crippen LogP contribution is -2.58. The zero-order valence-corrected chi connectivity index (χ0v) is 10.4. The second-order valence-electron chi connectivity index (χ2n) is 4.55. The fraction of sp³-hybridized carbons (Fsp3) is 0.909. The van der Waals surface area contributed by atoms with Crippen LogP contribution in [0.3, 0.4) is 0 Å². The van der Waals surface area contributed by atoms with Crippen LogP contribution in [0.15, 0.2) is 0 Å². The van der Waals surface area contributed by atoms with Gasteiger partial charge in [0.2, 0.25) is 6.43 Å². The predicted octanol–water partition coefficient (Wildman–Crippen LogP) is 0.415. The Morgan fingerprint density at radius 1 is 1.44 bits per heavy atom. The molecule has 0 aromatic rings. The second-order valence-corrected chi connectivity index (χ2v) is 4.55. The molecule has 1 aliphatic rings. The van der Waals surface area contributed by atoms with Gasteiger partial charge in [0, 0.05) is 13.1 Å². The molecule has 5 nitrogen and oxygen atoms in total. The number of urea groups is 1. The number of carbonyl (C=O) groups excluding carboxylic acids is 1. The van der Waals surface area contributed by atoms with Crippen LogP contribution in [-0.4, -0.2) is 59.4 Å². The van der Waals surface area contributed by atoms with Gasteiger partial charge < -0.3 is 20.4 Å². The molecule has 2 amide bonds. The standard InChI is InChI=1S/C11H20F2N2O3/c1-2-3-4-14-11(18)15-5-7(10(12)13)9(17)8(16)6-15/h7-10,16-17H,2-6H2,1H3,(H,14,18)/t7?,8?,9-/m1/s1. The van der Waals surface area contributed by atoms with Crippen molar-refractivity contribution in [2.75, 3.05) is 19.6 Å². The molecule has 0 aliphatic carbocycles. The molecule has 2 unspecified atom stereocenters. The van der Waals surface area contributed by atoms with Gasteiger partial charge in [-0.15, -0.1) is 0 Å². The van der Waals surface area contributed by atoms with E-state index in [0.29, 0.717) is 6.54 Å². The first-order chi connectivity index (χ1) is 8.47. The van der Waals surface area contributed by atoms with E-state index < -0.39 is 30.6 Å². The normalized spacial score (nSPS) is 28.6. The molecule has 3 N–H and O–H groups in total. The number of unbranched alkanes of at least 4 members (excludes halogenated alkanes) is 1. The molecular formula is C11H20F2N2O3. The summed E-state index contributed by atoms with van der Waals surface area (Å²) < 4.78 is 25.3. The van der Waals surface area contributed by atoms with E-state index in [-0.39, 0.29) is 13.1 Å². The van der Waals surface area contributed by atoms with Crippen LogP contribution in [0, 0.1) is 5.92 Å². The maximum absolute atomic E-state index is 12.7. The molecular weight excluding hydrogens is 246 g/mol. The zero-order chi connectivity index (χ0) is 13.7. The molecule has 1 saturated heterocycles. The third kappa shape index (κ3) is 3.78. The number of halogens is 2. The summed E-state index contributed by atoms with van der Waals surface area (Å²) in [5.41, 5.74) is 0. The molecule has 0 aromatic heterocycles. The van der Waals surface area contributed by atoms with Crippen LogP contribution in [-0.2, 0) is 0 Å². The molecule has 1 rings (SSSR count). The first kappa shape index (κ1) is 15.1. The molecule has 106 valence electrons. The van der Waals surface area contributed by atoms with Crippen LogP contribution in [0.5, 0.6) is 0 Å². The van der Waals surface area contributed by atoms with Crippen molar-refractivity contribution < 1.29 is 23.8 Å².